The second-order valence-corrected chi connectivity index (χ2v) is 7.51. The van der Waals surface area contributed by atoms with Gasteiger partial charge in [0.2, 0.25) is 5.91 Å². The molecule has 4 aliphatic rings. The fourth-order valence-corrected chi connectivity index (χ4v) is 5.20. The van der Waals surface area contributed by atoms with Gasteiger partial charge in [0.05, 0.1) is 6.26 Å². The van der Waals surface area contributed by atoms with Gasteiger partial charge in [-0.3, -0.25) is 9.59 Å². The van der Waals surface area contributed by atoms with Gasteiger partial charge < -0.3 is 15.1 Å². The Morgan fingerprint density at radius 2 is 1.78 bits per heavy atom. The third-order valence-corrected chi connectivity index (χ3v) is 5.94. The summed E-state index contributed by atoms with van der Waals surface area (Å²) in [6.07, 6.45) is 8.41. The number of furan rings is 1. The molecule has 1 aromatic heterocycles. The molecule has 4 fully saturated rings. The fourth-order valence-electron chi connectivity index (χ4n) is 5.20. The van der Waals surface area contributed by atoms with Crippen LogP contribution in [0.15, 0.2) is 22.8 Å². The first-order chi connectivity index (χ1) is 11.2. The molecule has 5 heteroatoms. The lowest BCUT2D eigenvalue weighted by Crippen LogP contribution is -2.56. The van der Waals surface area contributed by atoms with Crippen LogP contribution in [0.1, 0.15) is 49.1 Å². The Labute approximate surface area is 136 Å². The van der Waals surface area contributed by atoms with E-state index in [1.165, 1.54) is 38.4 Å². The molecule has 0 atom stereocenters. The second-order valence-electron chi connectivity index (χ2n) is 7.51. The predicted molar refractivity (Wildman–Crippen MR) is 84.6 cm³/mol. The van der Waals surface area contributed by atoms with Crippen molar-refractivity contribution in [3.05, 3.63) is 24.2 Å². The molecular weight excluding hydrogens is 292 g/mol. The largest absolute Gasteiger partial charge is 0.459 e. The number of amides is 2. The summed E-state index contributed by atoms with van der Waals surface area (Å²) in [5, 5.41) is 5.98. The third kappa shape index (κ3) is 3.01. The van der Waals surface area contributed by atoms with Crippen molar-refractivity contribution in [2.45, 2.75) is 44.6 Å². The summed E-state index contributed by atoms with van der Waals surface area (Å²) in [6, 6.07) is 3.66. The van der Waals surface area contributed by atoms with Crippen LogP contribution >= 0.6 is 0 Å². The maximum atomic E-state index is 12.2. The van der Waals surface area contributed by atoms with Gasteiger partial charge in [0, 0.05) is 19.0 Å². The molecule has 4 bridgehead atoms. The Bertz CT molecular complexity index is 553. The van der Waals surface area contributed by atoms with Crippen LogP contribution < -0.4 is 10.6 Å². The molecule has 4 aliphatic carbocycles. The molecule has 0 radical (unpaired) electrons. The molecule has 5 rings (SSSR count). The van der Waals surface area contributed by atoms with Crippen molar-refractivity contribution >= 4 is 11.8 Å². The molecule has 2 amide bonds. The van der Waals surface area contributed by atoms with Crippen molar-refractivity contribution in [1.82, 2.24) is 10.6 Å². The highest BCUT2D eigenvalue weighted by molar-refractivity contribution is 5.91. The summed E-state index contributed by atoms with van der Waals surface area (Å²) in [6.45, 7) is 0.346. The molecule has 5 nitrogen and oxygen atoms in total. The number of carbonyl (C=O) groups excluding carboxylic acids is 2. The van der Waals surface area contributed by atoms with Gasteiger partial charge in [0.25, 0.3) is 5.91 Å². The smallest absolute Gasteiger partial charge is 0.286 e. The molecule has 1 heterocycles. The summed E-state index contributed by atoms with van der Waals surface area (Å²) in [4.78, 5) is 24.0. The molecule has 0 aromatic carbocycles. The minimum atomic E-state index is -0.266. The zero-order chi connectivity index (χ0) is 15.8. The summed E-state index contributed by atoms with van der Waals surface area (Å²) in [5.74, 6) is 3.28. The topological polar surface area (TPSA) is 71.3 Å². The van der Waals surface area contributed by atoms with Gasteiger partial charge in [-0.2, -0.15) is 0 Å². The average molecular weight is 316 g/mol. The monoisotopic (exact) mass is 316 g/mol. The average Bonchev–Trinajstić information content (AvgIpc) is 3.04. The van der Waals surface area contributed by atoms with Crippen LogP contribution in [0.25, 0.3) is 0 Å². The predicted octanol–water partition coefficient (Wildman–Crippen LogP) is 2.34. The molecule has 4 saturated carbocycles. The highest BCUT2D eigenvalue weighted by Gasteiger charge is 2.48. The first kappa shape index (κ1) is 14.8. The molecular formula is C18H24N2O3. The van der Waals surface area contributed by atoms with Crippen LogP contribution in [0.4, 0.5) is 0 Å². The Morgan fingerprint density at radius 3 is 2.39 bits per heavy atom. The summed E-state index contributed by atoms with van der Waals surface area (Å²) < 4.78 is 5.03. The molecule has 0 unspecified atom stereocenters. The van der Waals surface area contributed by atoms with E-state index in [1.807, 2.05) is 0 Å². The Morgan fingerprint density at radius 1 is 1.09 bits per heavy atom. The Balaban J connectivity index is 1.24. The van der Waals surface area contributed by atoms with E-state index in [2.05, 4.69) is 10.6 Å². The highest BCUT2D eigenvalue weighted by atomic mass is 16.3. The van der Waals surface area contributed by atoms with Gasteiger partial charge in [0.15, 0.2) is 5.76 Å². The first-order valence-corrected chi connectivity index (χ1v) is 8.80. The molecule has 0 saturated heterocycles. The van der Waals surface area contributed by atoms with E-state index in [9.17, 15) is 9.59 Å². The minimum absolute atomic E-state index is 0.0576. The van der Waals surface area contributed by atoms with Crippen LogP contribution in [-0.4, -0.2) is 24.4 Å². The molecule has 124 valence electrons. The van der Waals surface area contributed by atoms with Crippen LogP contribution in [0.2, 0.25) is 0 Å². The Kier molecular flexibility index (Phi) is 3.87. The zero-order valence-electron chi connectivity index (χ0n) is 13.3. The van der Waals surface area contributed by atoms with Gasteiger partial charge in [-0.25, -0.2) is 0 Å². The second kappa shape index (κ2) is 6.02. The van der Waals surface area contributed by atoms with E-state index in [1.54, 1.807) is 12.1 Å². The van der Waals surface area contributed by atoms with Crippen molar-refractivity contribution in [2.75, 3.05) is 6.54 Å². The van der Waals surface area contributed by atoms with Gasteiger partial charge in [0.1, 0.15) is 0 Å². The summed E-state index contributed by atoms with van der Waals surface area (Å²) in [7, 11) is 0. The third-order valence-electron chi connectivity index (χ3n) is 5.94. The highest BCUT2D eigenvalue weighted by Crippen LogP contribution is 2.53. The maximum absolute atomic E-state index is 12.2. The van der Waals surface area contributed by atoms with Crippen LogP contribution in [0.5, 0.6) is 0 Å². The van der Waals surface area contributed by atoms with Gasteiger partial charge >= 0.3 is 0 Å². The molecule has 23 heavy (non-hydrogen) atoms. The van der Waals surface area contributed by atoms with Crippen molar-refractivity contribution in [3.8, 4) is 0 Å². The number of hydrogen-bond donors (Lipinski definition) is 2. The van der Waals surface area contributed by atoms with Gasteiger partial charge in [-0.1, -0.05) is 0 Å². The molecule has 2 N–H and O–H groups in total. The molecule has 0 spiro atoms. The normalized spacial score (nSPS) is 34.3. The molecule has 0 aliphatic heterocycles. The number of carbonyl (C=O) groups is 2. The van der Waals surface area contributed by atoms with E-state index in [4.69, 9.17) is 4.42 Å². The summed E-state index contributed by atoms with van der Waals surface area (Å²) >= 11 is 0. The minimum Gasteiger partial charge on any atom is -0.459 e. The van der Waals surface area contributed by atoms with Crippen LogP contribution in [-0.2, 0) is 4.79 Å². The lowest BCUT2D eigenvalue weighted by Gasteiger charge is -2.54. The van der Waals surface area contributed by atoms with Crippen molar-refractivity contribution < 1.29 is 14.0 Å². The van der Waals surface area contributed by atoms with Crippen LogP contribution in [0, 0.1) is 23.7 Å². The van der Waals surface area contributed by atoms with E-state index in [0.29, 0.717) is 30.8 Å². The quantitative estimate of drug-likeness (QED) is 0.876. The van der Waals surface area contributed by atoms with Crippen LogP contribution in [0.3, 0.4) is 0 Å². The van der Waals surface area contributed by atoms with E-state index >= 15 is 0 Å². The number of hydrogen-bond acceptors (Lipinski definition) is 3. The standard InChI is InChI=1S/C18H24N2O3/c21-16(3-4-19-18(22)15-2-1-5-23-15)20-17-13-7-11-6-12(9-13)10-14(17)8-11/h1-2,5,11-14,17H,3-4,6-10H2,(H,19,22)(H,20,21). The molecule has 1 aromatic rings. The van der Waals surface area contributed by atoms with E-state index in [-0.39, 0.29) is 17.6 Å². The van der Waals surface area contributed by atoms with E-state index < -0.39 is 0 Å². The summed E-state index contributed by atoms with van der Waals surface area (Å²) in [5.41, 5.74) is 0. The zero-order valence-corrected chi connectivity index (χ0v) is 13.3. The van der Waals surface area contributed by atoms with Crippen molar-refractivity contribution in [2.24, 2.45) is 23.7 Å². The maximum Gasteiger partial charge on any atom is 0.286 e. The van der Waals surface area contributed by atoms with E-state index in [0.717, 1.165) is 11.8 Å². The first-order valence-electron chi connectivity index (χ1n) is 8.80. The number of rotatable bonds is 5. The van der Waals surface area contributed by atoms with Crippen molar-refractivity contribution in [1.29, 1.82) is 0 Å². The van der Waals surface area contributed by atoms with Crippen molar-refractivity contribution in [3.63, 3.8) is 0 Å². The van der Waals surface area contributed by atoms with Gasteiger partial charge in [-0.05, 0) is 67.9 Å². The SMILES string of the molecule is O=C(CCNC(=O)c1ccco1)NC1C2CC3CC(C2)CC1C3. The number of nitrogens with one attached hydrogen (secondary N) is 2. The lowest BCUT2D eigenvalue weighted by atomic mass is 9.54. The Hall–Kier alpha value is -1.78. The van der Waals surface area contributed by atoms with Gasteiger partial charge in [-0.15, -0.1) is 0 Å². The lowest BCUT2D eigenvalue weighted by molar-refractivity contribution is -0.124. The fraction of sp³-hybridized carbons (Fsp3) is 0.667.